The van der Waals surface area contributed by atoms with E-state index < -0.39 is 10.0 Å². The Balaban J connectivity index is 1.64. The number of nitrogens with zero attached hydrogens (tertiary/aromatic N) is 3. The first-order valence-corrected chi connectivity index (χ1v) is 11.9. The Kier molecular flexibility index (Phi) is 6.04. The summed E-state index contributed by atoms with van der Waals surface area (Å²) in [5.74, 6) is -0.173. The number of pyridine rings is 1. The molecular weight excluding hydrogens is 410 g/mol. The van der Waals surface area contributed by atoms with Crippen LogP contribution in [0.3, 0.4) is 0 Å². The summed E-state index contributed by atoms with van der Waals surface area (Å²) in [7, 11) is -3.80. The largest absolute Gasteiger partial charge is 0.330 e. The lowest BCUT2D eigenvalue weighted by Gasteiger charge is -2.25. The molecule has 6 nitrogen and oxygen atoms in total. The molecule has 0 bridgehead atoms. The summed E-state index contributed by atoms with van der Waals surface area (Å²) in [6.07, 6.45) is 3.47. The number of para-hydroxylation sites is 1. The van der Waals surface area contributed by atoms with Gasteiger partial charge in [0.25, 0.3) is 15.9 Å². The molecule has 4 rings (SSSR count). The van der Waals surface area contributed by atoms with E-state index in [0.717, 1.165) is 18.5 Å². The minimum Gasteiger partial charge on any atom is -0.330 e. The molecule has 1 aliphatic heterocycles. The summed E-state index contributed by atoms with van der Waals surface area (Å²) in [5, 5.41) is 0. The molecule has 1 amide bonds. The van der Waals surface area contributed by atoms with Gasteiger partial charge in [0.2, 0.25) is 0 Å². The predicted molar refractivity (Wildman–Crippen MR) is 120 cm³/mol. The Bertz CT molecular complexity index is 1150. The number of rotatable bonds is 6. The minimum atomic E-state index is -3.80. The van der Waals surface area contributed by atoms with Crippen molar-refractivity contribution >= 4 is 21.6 Å². The van der Waals surface area contributed by atoms with Crippen molar-refractivity contribution in [2.75, 3.05) is 17.4 Å². The molecular formula is C24H25N3O3S. The lowest BCUT2D eigenvalue weighted by atomic mass is 10.1. The third-order valence-corrected chi connectivity index (χ3v) is 7.44. The van der Waals surface area contributed by atoms with Crippen molar-refractivity contribution in [2.45, 2.75) is 30.7 Å². The van der Waals surface area contributed by atoms with Crippen LogP contribution in [0.5, 0.6) is 0 Å². The van der Waals surface area contributed by atoms with Crippen molar-refractivity contribution in [2.24, 2.45) is 0 Å². The molecule has 2 aromatic carbocycles. The van der Waals surface area contributed by atoms with Gasteiger partial charge in [-0.2, -0.15) is 0 Å². The Hall–Kier alpha value is -3.19. The number of anilines is 1. The summed E-state index contributed by atoms with van der Waals surface area (Å²) in [4.78, 5) is 19.6. The number of benzene rings is 2. The predicted octanol–water partition coefficient (Wildman–Crippen LogP) is 4.27. The van der Waals surface area contributed by atoms with E-state index in [1.54, 1.807) is 54.4 Å². The van der Waals surface area contributed by atoms with Crippen LogP contribution in [0.15, 0.2) is 83.9 Å². The number of carbonyl (C=O) groups is 1. The molecule has 7 heteroatoms. The molecule has 0 spiro atoms. The van der Waals surface area contributed by atoms with E-state index in [0.29, 0.717) is 24.3 Å². The maximum atomic E-state index is 13.3. The maximum Gasteiger partial charge on any atom is 0.264 e. The first-order valence-electron chi connectivity index (χ1n) is 10.4. The molecule has 1 aliphatic rings. The van der Waals surface area contributed by atoms with E-state index in [2.05, 4.69) is 4.98 Å². The number of hydrogen-bond acceptors (Lipinski definition) is 4. The van der Waals surface area contributed by atoms with Gasteiger partial charge >= 0.3 is 0 Å². The van der Waals surface area contributed by atoms with Crippen LogP contribution < -0.4 is 4.31 Å². The Morgan fingerprint density at radius 2 is 1.84 bits per heavy atom. The fraction of sp³-hybridized carbons (Fsp3) is 0.250. The second-order valence-electron chi connectivity index (χ2n) is 7.44. The van der Waals surface area contributed by atoms with Crippen molar-refractivity contribution in [3.05, 3.63) is 90.3 Å². The molecule has 1 aromatic heterocycles. The van der Waals surface area contributed by atoms with Gasteiger partial charge in [0.1, 0.15) is 0 Å². The summed E-state index contributed by atoms with van der Waals surface area (Å²) in [6, 6.07) is 20.9. The van der Waals surface area contributed by atoms with Crippen molar-refractivity contribution in [3.63, 3.8) is 0 Å². The number of amides is 1. The van der Waals surface area contributed by atoms with Crippen molar-refractivity contribution < 1.29 is 13.2 Å². The van der Waals surface area contributed by atoms with Crippen LogP contribution in [0.2, 0.25) is 0 Å². The zero-order valence-corrected chi connectivity index (χ0v) is 18.2. The second-order valence-corrected chi connectivity index (χ2v) is 9.31. The standard InChI is InChI=1S/C24H25N3O3S/c1-2-27(20-11-4-3-5-12-20)31(29,30)21-13-8-10-19(18-21)24(28)26-17-9-15-23(26)22-14-6-7-16-25-22/h3-8,10-14,16,18,23H,2,9,15,17H2,1H3. The van der Waals surface area contributed by atoms with Gasteiger partial charge in [-0.25, -0.2) is 8.42 Å². The van der Waals surface area contributed by atoms with Crippen LogP contribution in [0.25, 0.3) is 0 Å². The molecule has 160 valence electrons. The Morgan fingerprint density at radius 1 is 1.06 bits per heavy atom. The number of sulfonamides is 1. The molecule has 0 aliphatic carbocycles. The zero-order valence-electron chi connectivity index (χ0n) is 17.4. The van der Waals surface area contributed by atoms with Gasteiger partial charge in [-0.3, -0.25) is 14.1 Å². The molecule has 1 fully saturated rings. The van der Waals surface area contributed by atoms with Crippen molar-refractivity contribution in [3.8, 4) is 0 Å². The Labute approximate surface area is 183 Å². The first-order chi connectivity index (χ1) is 15.0. The lowest BCUT2D eigenvalue weighted by Crippen LogP contribution is -2.32. The third kappa shape index (κ3) is 4.18. The highest BCUT2D eigenvalue weighted by Gasteiger charge is 2.32. The van der Waals surface area contributed by atoms with Crippen LogP contribution in [0.4, 0.5) is 5.69 Å². The quantitative estimate of drug-likeness (QED) is 0.580. The van der Waals surface area contributed by atoms with E-state index in [-0.39, 0.29) is 16.8 Å². The average molecular weight is 436 g/mol. The number of aromatic nitrogens is 1. The van der Waals surface area contributed by atoms with E-state index >= 15 is 0 Å². The summed E-state index contributed by atoms with van der Waals surface area (Å²) >= 11 is 0. The number of carbonyl (C=O) groups excluding carboxylic acids is 1. The fourth-order valence-corrected chi connectivity index (χ4v) is 5.58. The Morgan fingerprint density at radius 3 is 2.55 bits per heavy atom. The van der Waals surface area contributed by atoms with Crippen molar-refractivity contribution in [1.82, 2.24) is 9.88 Å². The monoisotopic (exact) mass is 435 g/mol. The maximum absolute atomic E-state index is 13.3. The van der Waals surface area contributed by atoms with Crippen LogP contribution in [0.1, 0.15) is 41.9 Å². The second kappa shape index (κ2) is 8.89. The summed E-state index contributed by atoms with van der Waals surface area (Å²) in [6.45, 7) is 2.71. The topological polar surface area (TPSA) is 70.6 Å². The fourth-order valence-electron chi connectivity index (χ4n) is 4.06. The van der Waals surface area contributed by atoms with Gasteiger partial charge in [0, 0.05) is 24.8 Å². The first kappa shape index (κ1) is 21.1. The van der Waals surface area contributed by atoms with Gasteiger partial charge in [-0.15, -0.1) is 0 Å². The van der Waals surface area contributed by atoms with E-state index in [4.69, 9.17) is 0 Å². The van der Waals surface area contributed by atoms with Crippen LogP contribution in [-0.2, 0) is 10.0 Å². The third-order valence-electron chi connectivity index (χ3n) is 5.54. The average Bonchev–Trinajstić information content (AvgIpc) is 3.30. The molecule has 1 unspecified atom stereocenters. The molecule has 0 N–H and O–H groups in total. The van der Waals surface area contributed by atoms with E-state index in [9.17, 15) is 13.2 Å². The smallest absolute Gasteiger partial charge is 0.264 e. The molecule has 0 radical (unpaired) electrons. The normalized spacial score (nSPS) is 16.3. The van der Waals surface area contributed by atoms with Gasteiger partial charge in [-0.1, -0.05) is 30.3 Å². The zero-order chi connectivity index (χ0) is 21.8. The molecule has 31 heavy (non-hydrogen) atoms. The van der Waals surface area contributed by atoms with Gasteiger partial charge < -0.3 is 4.90 Å². The highest BCUT2D eigenvalue weighted by Crippen LogP contribution is 2.32. The summed E-state index contributed by atoms with van der Waals surface area (Å²) < 4.78 is 28.0. The molecule has 2 heterocycles. The molecule has 0 saturated carbocycles. The molecule has 1 atom stereocenters. The minimum absolute atomic E-state index is 0.0922. The highest BCUT2D eigenvalue weighted by atomic mass is 32.2. The van der Waals surface area contributed by atoms with E-state index in [1.807, 2.05) is 24.3 Å². The van der Waals surface area contributed by atoms with Gasteiger partial charge in [0.15, 0.2) is 0 Å². The summed E-state index contributed by atoms with van der Waals surface area (Å²) in [5.41, 5.74) is 1.82. The number of hydrogen-bond donors (Lipinski definition) is 0. The molecule has 3 aromatic rings. The SMILES string of the molecule is CCN(c1ccccc1)S(=O)(=O)c1cccc(C(=O)N2CCCC2c2ccccn2)c1. The lowest BCUT2D eigenvalue weighted by molar-refractivity contribution is 0.0732. The molecule has 1 saturated heterocycles. The highest BCUT2D eigenvalue weighted by molar-refractivity contribution is 7.92. The van der Waals surface area contributed by atoms with E-state index in [1.165, 1.54) is 16.4 Å². The van der Waals surface area contributed by atoms with Gasteiger partial charge in [0.05, 0.1) is 22.3 Å². The van der Waals surface area contributed by atoms with Crippen molar-refractivity contribution in [1.29, 1.82) is 0 Å². The van der Waals surface area contributed by atoms with Gasteiger partial charge in [-0.05, 0) is 62.2 Å². The van der Waals surface area contributed by atoms with Crippen LogP contribution >= 0.6 is 0 Å². The number of likely N-dealkylation sites (tertiary alicyclic amines) is 1. The van der Waals surface area contributed by atoms with Crippen LogP contribution in [0, 0.1) is 0 Å². The van der Waals surface area contributed by atoms with Crippen LogP contribution in [-0.4, -0.2) is 37.3 Å².